The van der Waals surface area contributed by atoms with Crippen LogP contribution in [0.5, 0.6) is 0 Å². The molecule has 0 fully saturated rings. The molecule has 1 aromatic carbocycles. The van der Waals surface area contributed by atoms with Gasteiger partial charge in [0, 0.05) is 10.6 Å². The second-order valence-electron chi connectivity index (χ2n) is 3.99. The van der Waals surface area contributed by atoms with Gasteiger partial charge in [0.1, 0.15) is 0 Å². The Bertz CT molecular complexity index is 505. The third-order valence-corrected chi connectivity index (χ3v) is 2.55. The molecule has 1 aromatic rings. The summed E-state index contributed by atoms with van der Waals surface area (Å²) in [5.74, 6) is -0.508. The normalized spacial score (nSPS) is 11.3. The zero-order valence-electron chi connectivity index (χ0n) is 10.5. The van der Waals surface area contributed by atoms with Crippen molar-refractivity contribution >= 4 is 17.4 Å². The van der Waals surface area contributed by atoms with Crippen LogP contribution in [0.2, 0.25) is 0 Å². The van der Waals surface area contributed by atoms with Gasteiger partial charge in [-0.1, -0.05) is 29.4 Å². The van der Waals surface area contributed by atoms with E-state index >= 15 is 0 Å². The molecule has 0 bridgehead atoms. The van der Waals surface area contributed by atoms with Gasteiger partial charge in [-0.05, 0) is 24.4 Å². The molecule has 0 saturated carbocycles. The Kier molecular flexibility index (Phi) is 5.53. The first kappa shape index (κ1) is 14.7. The van der Waals surface area contributed by atoms with Crippen LogP contribution in [0.1, 0.15) is 12.5 Å². The van der Waals surface area contributed by atoms with Gasteiger partial charge in [0.05, 0.1) is 12.6 Å². The molecule has 0 aromatic heterocycles. The van der Waals surface area contributed by atoms with Crippen LogP contribution in [-0.2, 0) is 16.0 Å². The van der Waals surface area contributed by atoms with Crippen molar-refractivity contribution in [3.05, 3.63) is 40.3 Å². The molecule has 1 unspecified atom stereocenters. The maximum absolute atomic E-state index is 11.4. The summed E-state index contributed by atoms with van der Waals surface area (Å²) in [4.78, 5) is 25.3. The highest BCUT2D eigenvalue weighted by Gasteiger charge is 2.16. The van der Waals surface area contributed by atoms with Gasteiger partial charge in [0.15, 0.2) is 5.78 Å². The Balaban J connectivity index is 2.76. The van der Waals surface area contributed by atoms with E-state index in [0.29, 0.717) is 12.1 Å². The van der Waals surface area contributed by atoms with Gasteiger partial charge in [-0.15, -0.1) is 0 Å². The maximum atomic E-state index is 11.4. The molecule has 0 aliphatic rings. The highest BCUT2D eigenvalue weighted by atomic mass is 16.2. The monoisotopic (exact) mass is 261 g/mol. The quantitative estimate of drug-likeness (QED) is 0.454. The summed E-state index contributed by atoms with van der Waals surface area (Å²) < 4.78 is 0. The molecule has 1 rings (SSSR count). The van der Waals surface area contributed by atoms with Crippen molar-refractivity contribution in [1.82, 2.24) is 5.32 Å². The van der Waals surface area contributed by atoms with Crippen molar-refractivity contribution in [2.75, 3.05) is 6.54 Å². The average molecular weight is 261 g/mol. The predicted molar refractivity (Wildman–Crippen MR) is 70.6 cm³/mol. The van der Waals surface area contributed by atoms with Crippen molar-refractivity contribution in [2.45, 2.75) is 19.4 Å². The van der Waals surface area contributed by atoms with Gasteiger partial charge < -0.3 is 11.1 Å². The second kappa shape index (κ2) is 7.15. The lowest BCUT2D eigenvalue weighted by molar-refractivity contribution is -0.126. The summed E-state index contributed by atoms with van der Waals surface area (Å²) in [6.45, 7) is 1.26. The highest BCUT2D eigenvalue weighted by molar-refractivity contribution is 5.88. The number of nitrogens with one attached hydrogen (secondary N) is 1. The molecule has 0 spiro atoms. The van der Waals surface area contributed by atoms with Crippen LogP contribution in [0.3, 0.4) is 0 Å². The molecule has 7 heteroatoms. The molecule has 0 aliphatic carbocycles. The zero-order valence-corrected chi connectivity index (χ0v) is 10.5. The number of nitrogens with two attached hydrogens (primary N) is 1. The Morgan fingerprint density at radius 2 is 2.05 bits per heavy atom. The number of benzene rings is 1. The lowest BCUT2D eigenvalue weighted by Gasteiger charge is -2.15. The van der Waals surface area contributed by atoms with Gasteiger partial charge in [-0.25, -0.2) is 0 Å². The van der Waals surface area contributed by atoms with Crippen molar-refractivity contribution < 1.29 is 9.59 Å². The van der Waals surface area contributed by atoms with Crippen LogP contribution in [0.4, 0.5) is 5.69 Å². The fourth-order valence-corrected chi connectivity index (χ4v) is 1.54. The molecule has 0 aliphatic heterocycles. The van der Waals surface area contributed by atoms with Crippen molar-refractivity contribution in [3.63, 3.8) is 0 Å². The molecule has 0 heterocycles. The van der Waals surface area contributed by atoms with Crippen LogP contribution < -0.4 is 11.1 Å². The van der Waals surface area contributed by atoms with E-state index < -0.39 is 6.04 Å². The lowest BCUT2D eigenvalue weighted by Crippen LogP contribution is -2.44. The van der Waals surface area contributed by atoms with E-state index in [-0.39, 0.29) is 18.2 Å². The van der Waals surface area contributed by atoms with Crippen LogP contribution in [-0.4, -0.2) is 24.3 Å². The minimum atomic E-state index is -0.596. The first-order chi connectivity index (χ1) is 9.06. The molecule has 7 nitrogen and oxygen atoms in total. The van der Waals surface area contributed by atoms with Gasteiger partial charge in [0.2, 0.25) is 5.91 Å². The smallest absolute Gasteiger partial charge is 0.234 e. The van der Waals surface area contributed by atoms with Gasteiger partial charge in [0.25, 0.3) is 0 Å². The van der Waals surface area contributed by atoms with Crippen LogP contribution in [0.15, 0.2) is 29.4 Å². The van der Waals surface area contributed by atoms with E-state index in [1.165, 1.54) is 6.92 Å². The maximum Gasteiger partial charge on any atom is 0.234 e. The first-order valence-electron chi connectivity index (χ1n) is 5.70. The Hall–Kier alpha value is -2.37. The second-order valence-corrected chi connectivity index (χ2v) is 3.99. The van der Waals surface area contributed by atoms with Gasteiger partial charge >= 0.3 is 0 Å². The van der Waals surface area contributed by atoms with E-state index in [0.717, 1.165) is 5.56 Å². The van der Waals surface area contributed by atoms with E-state index in [1.807, 2.05) is 0 Å². The fourth-order valence-electron chi connectivity index (χ4n) is 1.54. The summed E-state index contributed by atoms with van der Waals surface area (Å²) >= 11 is 0. The molecule has 1 atom stereocenters. The Morgan fingerprint density at radius 1 is 1.42 bits per heavy atom. The van der Waals surface area contributed by atoms with E-state index in [1.54, 1.807) is 24.3 Å². The summed E-state index contributed by atoms with van der Waals surface area (Å²) in [6, 6.07) is 6.19. The number of nitrogens with zero attached hydrogens (tertiary/aromatic N) is 3. The third kappa shape index (κ3) is 4.79. The molecule has 19 heavy (non-hydrogen) atoms. The minimum Gasteiger partial charge on any atom is -0.345 e. The van der Waals surface area contributed by atoms with Crippen molar-refractivity contribution in [2.24, 2.45) is 10.8 Å². The molecule has 1 amide bonds. The number of hydrogen-bond acceptors (Lipinski definition) is 4. The SMILES string of the molecule is CC(=O)C(Cc1ccc(N=[N+]=[N-])cc1)NC(=O)CN. The van der Waals surface area contributed by atoms with E-state index in [9.17, 15) is 9.59 Å². The van der Waals surface area contributed by atoms with E-state index in [2.05, 4.69) is 15.3 Å². The minimum absolute atomic E-state index is 0.138. The average Bonchev–Trinajstić information content (AvgIpc) is 2.40. The number of azide groups is 1. The first-order valence-corrected chi connectivity index (χ1v) is 5.70. The number of amides is 1. The van der Waals surface area contributed by atoms with Gasteiger partial charge in [-0.3, -0.25) is 9.59 Å². The molecule has 0 radical (unpaired) electrons. The summed E-state index contributed by atoms with van der Waals surface area (Å²) in [6.07, 6.45) is 0.373. The molecule has 100 valence electrons. The number of carbonyl (C=O) groups excluding carboxylic acids is 2. The number of rotatable bonds is 6. The van der Waals surface area contributed by atoms with Gasteiger partial charge in [-0.2, -0.15) is 0 Å². The van der Waals surface area contributed by atoms with E-state index in [4.69, 9.17) is 11.3 Å². The van der Waals surface area contributed by atoms with Crippen LogP contribution in [0.25, 0.3) is 10.4 Å². The van der Waals surface area contributed by atoms with Crippen LogP contribution in [0, 0.1) is 0 Å². The number of carbonyl (C=O) groups is 2. The molecule has 0 saturated heterocycles. The predicted octanol–water partition coefficient (Wildman–Crippen LogP) is 1.20. The topological polar surface area (TPSA) is 121 Å². The summed E-state index contributed by atoms with van der Waals surface area (Å²) in [7, 11) is 0. The number of ketones is 1. The zero-order chi connectivity index (χ0) is 14.3. The standard InChI is InChI=1S/C12H15N5O2/c1-8(18)11(15-12(19)7-13)6-9-2-4-10(5-3-9)16-17-14/h2-5,11H,6-7,13H2,1H3,(H,15,19). The van der Waals surface area contributed by atoms with Crippen molar-refractivity contribution in [1.29, 1.82) is 0 Å². The Morgan fingerprint density at radius 3 is 2.53 bits per heavy atom. The lowest BCUT2D eigenvalue weighted by atomic mass is 10.0. The summed E-state index contributed by atoms with van der Waals surface area (Å²) in [5, 5.41) is 6.01. The largest absolute Gasteiger partial charge is 0.345 e. The number of Topliss-reactive ketones (excluding diaryl/α,β-unsaturated/α-hetero) is 1. The van der Waals surface area contributed by atoms with Crippen LogP contribution >= 0.6 is 0 Å². The Labute approximate surface area is 110 Å². The highest BCUT2D eigenvalue weighted by Crippen LogP contribution is 2.14. The molecular formula is C12H15N5O2. The molecular weight excluding hydrogens is 246 g/mol. The number of hydrogen-bond donors (Lipinski definition) is 2. The summed E-state index contributed by atoms with van der Waals surface area (Å²) in [5.41, 5.74) is 14.8. The fraction of sp³-hybridized carbons (Fsp3) is 0.333. The van der Waals surface area contributed by atoms with Crippen molar-refractivity contribution in [3.8, 4) is 0 Å². The molecule has 3 N–H and O–H groups in total. The third-order valence-electron chi connectivity index (χ3n) is 2.55.